The number of nitrogens with zero attached hydrogens (tertiary/aromatic N) is 3. The number of benzene rings is 1. The number of amides is 2. The number of fused-ring (bicyclic) bond motifs is 1. The molecule has 3 aliphatic heterocycles. The fourth-order valence-corrected chi connectivity index (χ4v) is 6.66. The van der Waals surface area contributed by atoms with Crippen LogP contribution in [0, 0.1) is 0 Å². The van der Waals surface area contributed by atoms with Gasteiger partial charge in [-0.2, -0.15) is 0 Å². The van der Waals surface area contributed by atoms with Crippen LogP contribution in [0.3, 0.4) is 0 Å². The van der Waals surface area contributed by atoms with Crippen LogP contribution in [0.25, 0.3) is 0 Å². The molecule has 0 spiro atoms. The molecule has 5 rings (SSSR count). The number of hydrogen-bond donors (Lipinski definition) is 1. The van der Waals surface area contributed by atoms with E-state index in [2.05, 4.69) is 22.0 Å². The van der Waals surface area contributed by atoms with Crippen molar-refractivity contribution in [2.24, 2.45) is 0 Å². The fourth-order valence-electron chi connectivity index (χ4n) is 6.66. The Bertz CT molecular complexity index is 1000. The van der Waals surface area contributed by atoms with Gasteiger partial charge < -0.3 is 24.6 Å². The van der Waals surface area contributed by atoms with Crippen molar-refractivity contribution in [2.75, 3.05) is 57.4 Å². The highest BCUT2D eigenvalue weighted by molar-refractivity contribution is 6.01. The second-order valence-corrected chi connectivity index (χ2v) is 11.1. The average molecular weight is 527 g/mol. The lowest BCUT2D eigenvalue weighted by Gasteiger charge is -2.40. The van der Waals surface area contributed by atoms with E-state index in [0.29, 0.717) is 31.6 Å². The summed E-state index contributed by atoms with van der Waals surface area (Å²) >= 11 is 0. The van der Waals surface area contributed by atoms with Crippen LogP contribution in [0.5, 0.6) is 0 Å². The predicted molar refractivity (Wildman–Crippen MR) is 144 cm³/mol. The number of carbonyl (C=O) groups is 3. The molecule has 1 N–H and O–H groups in total. The Morgan fingerprint density at radius 1 is 1.05 bits per heavy atom. The van der Waals surface area contributed by atoms with Crippen LogP contribution in [0.15, 0.2) is 24.3 Å². The molecule has 1 aromatic rings. The van der Waals surface area contributed by atoms with Gasteiger partial charge in [-0.15, -0.1) is 0 Å². The molecular weight excluding hydrogens is 484 g/mol. The molecule has 0 radical (unpaired) electrons. The molecule has 9 nitrogen and oxygen atoms in total. The standard InChI is InChI=1S/C29H42N4O5/c1-3-14-31-15-17-32(18-16-31)22-10-8-21(9-11-22)27(35)30-29(12-6-5-7-13-29)28(36)33-19-24(37-4-2)26-25(33)23(34)20-38-26/h8-11,24-26H,3-7,12-20H2,1-2H3,(H,30,35)/t24-,25+,26+/m0/s1. The van der Waals surface area contributed by atoms with Crippen LogP contribution in [0.4, 0.5) is 5.69 Å². The fraction of sp³-hybridized carbons (Fsp3) is 0.690. The molecule has 0 aromatic heterocycles. The van der Waals surface area contributed by atoms with Crippen molar-refractivity contribution in [2.45, 2.75) is 76.2 Å². The third kappa shape index (κ3) is 5.33. The highest BCUT2D eigenvalue weighted by Crippen LogP contribution is 2.36. The second kappa shape index (κ2) is 11.7. The lowest BCUT2D eigenvalue weighted by atomic mass is 9.80. The lowest BCUT2D eigenvalue weighted by molar-refractivity contribution is -0.143. The topological polar surface area (TPSA) is 91.4 Å². The molecule has 3 atom stereocenters. The summed E-state index contributed by atoms with van der Waals surface area (Å²) in [4.78, 5) is 46.8. The Kier molecular flexibility index (Phi) is 8.35. The summed E-state index contributed by atoms with van der Waals surface area (Å²) in [6.07, 6.45) is 4.30. The average Bonchev–Trinajstić information content (AvgIpc) is 3.50. The molecule has 208 valence electrons. The molecule has 1 aliphatic carbocycles. The normalized spacial score (nSPS) is 27.4. The van der Waals surface area contributed by atoms with Crippen molar-refractivity contribution in [1.29, 1.82) is 0 Å². The third-order valence-corrected chi connectivity index (χ3v) is 8.66. The van der Waals surface area contributed by atoms with Gasteiger partial charge in [0.1, 0.15) is 30.4 Å². The van der Waals surface area contributed by atoms with Gasteiger partial charge in [0, 0.05) is 44.0 Å². The largest absolute Gasteiger partial charge is 0.374 e. The minimum absolute atomic E-state index is 0.00203. The van der Waals surface area contributed by atoms with Crippen LogP contribution in [0.1, 0.15) is 62.7 Å². The number of piperazine rings is 1. The number of ether oxygens (including phenoxy) is 2. The first-order valence-electron chi connectivity index (χ1n) is 14.4. The maximum absolute atomic E-state index is 14.1. The van der Waals surface area contributed by atoms with E-state index in [1.54, 1.807) is 4.90 Å². The summed E-state index contributed by atoms with van der Waals surface area (Å²) < 4.78 is 11.6. The van der Waals surface area contributed by atoms with E-state index in [4.69, 9.17) is 9.47 Å². The van der Waals surface area contributed by atoms with E-state index in [1.165, 1.54) is 6.42 Å². The molecule has 1 saturated carbocycles. The Hall–Kier alpha value is -2.49. The number of anilines is 1. The first-order valence-corrected chi connectivity index (χ1v) is 14.4. The second-order valence-electron chi connectivity index (χ2n) is 11.1. The summed E-state index contributed by atoms with van der Waals surface area (Å²) in [6, 6.07) is 7.09. The molecule has 4 fully saturated rings. The molecule has 2 amide bonds. The van der Waals surface area contributed by atoms with Gasteiger partial charge in [0.25, 0.3) is 5.91 Å². The van der Waals surface area contributed by atoms with Gasteiger partial charge in [-0.3, -0.25) is 19.3 Å². The Morgan fingerprint density at radius 2 is 1.76 bits per heavy atom. The van der Waals surface area contributed by atoms with Crippen molar-refractivity contribution < 1.29 is 23.9 Å². The molecule has 0 bridgehead atoms. The molecule has 3 saturated heterocycles. The lowest BCUT2D eigenvalue weighted by Crippen LogP contribution is -2.62. The van der Waals surface area contributed by atoms with Crippen molar-refractivity contribution >= 4 is 23.3 Å². The minimum atomic E-state index is -1.02. The number of Topliss-reactive ketones (excluding diaryl/α,β-unsaturated/α-hetero) is 1. The zero-order chi connectivity index (χ0) is 26.7. The van der Waals surface area contributed by atoms with Crippen LogP contribution in [-0.2, 0) is 19.1 Å². The summed E-state index contributed by atoms with van der Waals surface area (Å²) in [5.74, 6) is -0.511. The monoisotopic (exact) mass is 526 g/mol. The molecule has 3 heterocycles. The molecular formula is C29H42N4O5. The van der Waals surface area contributed by atoms with Crippen LogP contribution < -0.4 is 10.2 Å². The summed E-state index contributed by atoms with van der Waals surface area (Å²) in [5, 5.41) is 3.14. The maximum Gasteiger partial charge on any atom is 0.252 e. The molecule has 4 aliphatic rings. The summed E-state index contributed by atoms with van der Waals surface area (Å²) in [7, 11) is 0. The molecule has 38 heavy (non-hydrogen) atoms. The number of rotatable bonds is 8. The highest BCUT2D eigenvalue weighted by atomic mass is 16.6. The zero-order valence-corrected chi connectivity index (χ0v) is 22.8. The van der Waals surface area contributed by atoms with Gasteiger partial charge >= 0.3 is 0 Å². The van der Waals surface area contributed by atoms with E-state index >= 15 is 0 Å². The Labute approximate surface area is 225 Å². The highest BCUT2D eigenvalue weighted by Gasteiger charge is 2.56. The number of ketones is 1. The zero-order valence-electron chi connectivity index (χ0n) is 22.8. The molecule has 1 aromatic carbocycles. The van der Waals surface area contributed by atoms with Gasteiger partial charge in [-0.05, 0) is 57.0 Å². The van der Waals surface area contributed by atoms with Gasteiger partial charge in [-0.25, -0.2) is 0 Å². The predicted octanol–water partition coefficient (Wildman–Crippen LogP) is 2.24. The summed E-state index contributed by atoms with van der Waals surface area (Å²) in [6.45, 7) is 10.1. The smallest absolute Gasteiger partial charge is 0.252 e. The first-order chi connectivity index (χ1) is 18.5. The number of hydrogen-bond acceptors (Lipinski definition) is 7. The van der Waals surface area contributed by atoms with Crippen molar-refractivity contribution in [3.8, 4) is 0 Å². The van der Waals surface area contributed by atoms with E-state index < -0.39 is 17.7 Å². The number of carbonyl (C=O) groups excluding carboxylic acids is 3. The quantitative estimate of drug-likeness (QED) is 0.556. The Morgan fingerprint density at radius 3 is 2.42 bits per heavy atom. The van der Waals surface area contributed by atoms with Gasteiger partial charge in [0.2, 0.25) is 5.91 Å². The van der Waals surface area contributed by atoms with Gasteiger partial charge in [0.15, 0.2) is 5.78 Å². The number of nitrogens with one attached hydrogen (secondary N) is 1. The van der Waals surface area contributed by atoms with Gasteiger partial charge in [0.05, 0.1) is 6.54 Å². The van der Waals surface area contributed by atoms with E-state index in [1.807, 2.05) is 31.2 Å². The third-order valence-electron chi connectivity index (χ3n) is 8.66. The molecule has 9 heteroatoms. The van der Waals surface area contributed by atoms with E-state index in [-0.39, 0.29) is 30.3 Å². The molecule has 0 unspecified atom stereocenters. The van der Waals surface area contributed by atoms with Gasteiger partial charge in [-0.1, -0.05) is 26.2 Å². The SMILES string of the molecule is CCCN1CCN(c2ccc(C(=O)NC3(C(=O)N4C[C@H](OCC)[C@H]5OCC(=O)[C@H]54)CCCCC3)cc2)CC1. The van der Waals surface area contributed by atoms with Crippen molar-refractivity contribution in [3.63, 3.8) is 0 Å². The van der Waals surface area contributed by atoms with Crippen LogP contribution in [0.2, 0.25) is 0 Å². The first kappa shape index (κ1) is 27.1. The minimum Gasteiger partial charge on any atom is -0.374 e. The van der Waals surface area contributed by atoms with E-state index in [0.717, 1.165) is 57.7 Å². The van der Waals surface area contributed by atoms with Crippen LogP contribution >= 0.6 is 0 Å². The van der Waals surface area contributed by atoms with Crippen LogP contribution in [-0.4, -0.2) is 104 Å². The van der Waals surface area contributed by atoms with Crippen molar-refractivity contribution in [3.05, 3.63) is 29.8 Å². The van der Waals surface area contributed by atoms with E-state index in [9.17, 15) is 14.4 Å². The Balaban J connectivity index is 1.29. The maximum atomic E-state index is 14.1. The van der Waals surface area contributed by atoms with Crippen molar-refractivity contribution in [1.82, 2.24) is 15.1 Å². The number of likely N-dealkylation sites (tertiary alicyclic amines) is 1. The summed E-state index contributed by atoms with van der Waals surface area (Å²) in [5.41, 5.74) is 0.645.